The van der Waals surface area contributed by atoms with Crippen LogP contribution in [0.3, 0.4) is 0 Å². The normalized spacial score (nSPS) is 19.7. The van der Waals surface area contributed by atoms with Crippen LogP contribution in [0.25, 0.3) is 11.0 Å². The zero-order chi connectivity index (χ0) is 17.3. The van der Waals surface area contributed by atoms with Crippen molar-refractivity contribution in [2.45, 2.75) is 39.2 Å². The van der Waals surface area contributed by atoms with Crippen molar-refractivity contribution in [1.82, 2.24) is 4.90 Å². The van der Waals surface area contributed by atoms with Crippen molar-refractivity contribution >= 4 is 26.7 Å². The minimum absolute atomic E-state index is 0.0257. The summed E-state index contributed by atoms with van der Waals surface area (Å²) in [4.78, 5) is 14.5. The number of hydrogen-bond donors (Lipinski definition) is 0. The Labute approximate surface area is 142 Å². The third kappa shape index (κ3) is 3.48. The molecule has 0 bridgehead atoms. The second-order valence-corrected chi connectivity index (χ2v) is 8.81. The highest BCUT2D eigenvalue weighted by atomic mass is 32.2. The maximum Gasteiger partial charge on any atom is 0.227 e. The standard InChI is InChI=1S/C18H23NO4S/c1-3-7-19(15-6-8-24(21,22)12-15)18(20)10-14-11-23-17-9-13(2)4-5-16(14)17/h4-5,9,11,15H,3,6-8,10,12H2,1-2H3/t15-/m0/s1. The zero-order valence-electron chi connectivity index (χ0n) is 14.1. The van der Waals surface area contributed by atoms with E-state index in [0.29, 0.717) is 13.0 Å². The molecule has 3 rings (SSSR count). The van der Waals surface area contributed by atoms with Crippen molar-refractivity contribution in [2.24, 2.45) is 0 Å². The van der Waals surface area contributed by atoms with Gasteiger partial charge in [-0.1, -0.05) is 19.1 Å². The van der Waals surface area contributed by atoms with Crippen LogP contribution in [-0.4, -0.2) is 43.3 Å². The molecule has 5 nitrogen and oxygen atoms in total. The monoisotopic (exact) mass is 349 g/mol. The van der Waals surface area contributed by atoms with Gasteiger partial charge in [0, 0.05) is 23.5 Å². The van der Waals surface area contributed by atoms with Crippen LogP contribution < -0.4 is 0 Å². The molecular formula is C18H23NO4S. The SMILES string of the molecule is CCCN(C(=O)Cc1coc2cc(C)ccc12)[C@H]1CCS(=O)(=O)C1. The summed E-state index contributed by atoms with van der Waals surface area (Å²) in [6.07, 6.45) is 3.23. The van der Waals surface area contributed by atoms with Crippen molar-refractivity contribution in [3.8, 4) is 0 Å². The molecule has 0 spiro atoms. The molecule has 1 atom stereocenters. The van der Waals surface area contributed by atoms with Crippen molar-refractivity contribution in [2.75, 3.05) is 18.1 Å². The molecule has 1 amide bonds. The van der Waals surface area contributed by atoms with E-state index >= 15 is 0 Å². The molecule has 6 heteroatoms. The first-order valence-corrected chi connectivity index (χ1v) is 10.2. The number of carbonyl (C=O) groups is 1. The summed E-state index contributed by atoms with van der Waals surface area (Å²) in [5.41, 5.74) is 2.75. The lowest BCUT2D eigenvalue weighted by Crippen LogP contribution is -2.42. The number of hydrogen-bond acceptors (Lipinski definition) is 4. The first kappa shape index (κ1) is 17.0. The van der Waals surface area contributed by atoms with E-state index in [9.17, 15) is 13.2 Å². The molecule has 0 saturated carbocycles. The van der Waals surface area contributed by atoms with Crippen LogP contribution in [0.5, 0.6) is 0 Å². The fraction of sp³-hybridized carbons (Fsp3) is 0.500. The van der Waals surface area contributed by atoms with Gasteiger partial charge in [0.05, 0.1) is 24.2 Å². The van der Waals surface area contributed by atoms with E-state index in [1.54, 1.807) is 11.2 Å². The maximum atomic E-state index is 12.8. The number of rotatable bonds is 5. The predicted molar refractivity (Wildman–Crippen MR) is 93.7 cm³/mol. The van der Waals surface area contributed by atoms with Gasteiger partial charge in [-0.05, 0) is 31.4 Å². The fourth-order valence-electron chi connectivity index (χ4n) is 3.36. The number of carbonyl (C=O) groups excluding carboxylic acids is 1. The number of benzene rings is 1. The molecule has 1 aromatic heterocycles. The molecule has 0 unspecified atom stereocenters. The molecule has 2 aromatic rings. The number of nitrogens with zero attached hydrogens (tertiary/aromatic N) is 1. The zero-order valence-corrected chi connectivity index (χ0v) is 14.9. The summed E-state index contributed by atoms with van der Waals surface area (Å²) in [5.74, 6) is 0.241. The van der Waals surface area contributed by atoms with Crippen LogP contribution in [0.4, 0.5) is 0 Å². The minimum atomic E-state index is -3.01. The smallest absolute Gasteiger partial charge is 0.227 e. The van der Waals surface area contributed by atoms with E-state index in [4.69, 9.17) is 4.42 Å². The Morgan fingerprint density at radius 2 is 2.17 bits per heavy atom. The number of amides is 1. The van der Waals surface area contributed by atoms with Crippen molar-refractivity contribution < 1.29 is 17.6 Å². The molecule has 24 heavy (non-hydrogen) atoms. The van der Waals surface area contributed by atoms with E-state index < -0.39 is 9.84 Å². The molecule has 130 valence electrons. The Bertz CT molecular complexity index is 853. The van der Waals surface area contributed by atoms with Gasteiger partial charge < -0.3 is 9.32 Å². The molecule has 0 aliphatic carbocycles. The van der Waals surface area contributed by atoms with Crippen LogP contribution >= 0.6 is 0 Å². The van der Waals surface area contributed by atoms with E-state index in [0.717, 1.165) is 28.5 Å². The number of aryl methyl sites for hydroxylation is 1. The van der Waals surface area contributed by atoms with E-state index in [1.165, 1.54) is 0 Å². The third-order valence-electron chi connectivity index (χ3n) is 4.59. The highest BCUT2D eigenvalue weighted by molar-refractivity contribution is 7.91. The van der Waals surface area contributed by atoms with Gasteiger partial charge in [-0.2, -0.15) is 0 Å². The van der Waals surface area contributed by atoms with Crippen LogP contribution in [0, 0.1) is 6.92 Å². The Morgan fingerprint density at radius 3 is 2.83 bits per heavy atom. The van der Waals surface area contributed by atoms with Crippen molar-refractivity contribution in [1.29, 1.82) is 0 Å². The molecule has 1 aliphatic heterocycles. The molecular weight excluding hydrogens is 326 g/mol. The topological polar surface area (TPSA) is 67.6 Å². The molecule has 1 saturated heterocycles. The third-order valence-corrected chi connectivity index (χ3v) is 6.34. The highest BCUT2D eigenvalue weighted by Crippen LogP contribution is 2.25. The number of sulfone groups is 1. The first-order valence-electron chi connectivity index (χ1n) is 8.36. The Morgan fingerprint density at radius 1 is 1.38 bits per heavy atom. The lowest BCUT2D eigenvalue weighted by atomic mass is 10.1. The number of furan rings is 1. The summed E-state index contributed by atoms with van der Waals surface area (Å²) < 4.78 is 29.0. The summed E-state index contributed by atoms with van der Waals surface area (Å²) in [6.45, 7) is 4.59. The van der Waals surface area contributed by atoms with Crippen LogP contribution in [0.15, 0.2) is 28.9 Å². The van der Waals surface area contributed by atoms with Gasteiger partial charge in [-0.3, -0.25) is 4.79 Å². The molecule has 1 aliphatic rings. The fourth-order valence-corrected chi connectivity index (χ4v) is 5.10. The summed E-state index contributed by atoms with van der Waals surface area (Å²) >= 11 is 0. The van der Waals surface area contributed by atoms with Gasteiger partial charge in [-0.15, -0.1) is 0 Å². The summed E-state index contributed by atoms with van der Waals surface area (Å²) in [7, 11) is -3.01. The maximum absolute atomic E-state index is 12.8. The minimum Gasteiger partial charge on any atom is -0.464 e. The second-order valence-electron chi connectivity index (χ2n) is 6.58. The average molecular weight is 349 g/mol. The van der Waals surface area contributed by atoms with E-state index in [1.807, 2.05) is 32.0 Å². The van der Waals surface area contributed by atoms with Crippen LogP contribution in [0.2, 0.25) is 0 Å². The van der Waals surface area contributed by atoms with Gasteiger partial charge in [0.25, 0.3) is 0 Å². The molecule has 2 heterocycles. The molecule has 0 radical (unpaired) electrons. The van der Waals surface area contributed by atoms with Crippen molar-refractivity contribution in [3.63, 3.8) is 0 Å². The predicted octanol–water partition coefficient (Wildman–Crippen LogP) is 2.71. The number of fused-ring (bicyclic) bond motifs is 1. The summed E-state index contributed by atoms with van der Waals surface area (Å²) in [6, 6.07) is 5.74. The second kappa shape index (κ2) is 6.59. The van der Waals surface area contributed by atoms with Crippen LogP contribution in [0.1, 0.15) is 30.9 Å². The van der Waals surface area contributed by atoms with E-state index in [-0.39, 0.29) is 29.9 Å². The van der Waals surface area contributed by atoms with Gasteiger partial charge in [-0.25, -0.2) is 8.42 Å². The quantitative estimate of drug-likeness (QED) is 0.832. The Kier molecular flexibility index (Phi) is 4.67. The highest BCUT2D eigenvalue weighted by Gasteiger charge is 2.34. The Balaban J connectivity index is 1.80. The van der Waals surface area contributed by atoms with Crippen LogP contribution in [-0.2, 0) is 21.1 Å². The van der Waals surface area contributed by atoms with E-state index in [2.05, 4.69) is 0 Å². The molecule has 1 fully saturated rings. The first-order chi connectivity index (χ1) is 11.4. The van der Waals surface area contributed by atoms with Gasteiger partial charge in [0.15, 0.2) is 9.84 Å². The van der Waals surface area contributed by atoms with Gasteiger partial charge in [0.1, 0.15) is 5.58 Å². The van der Waals surface area contributed by atoms with Gasteiger partial charge in [0.2, 0.25) is 5.91 Å². The summed E-state index contributed by atoms with van der Waals surface area (Å²) in [5, 5.41) is 0.949. The molecule has 0 N–H and O–H groups in total. The molecule has 1 aromatic carbocycles. The van der Waals surface area contributed by atoms with Crippen molar-refractivity contribution in [3.05, 3.63) is 35.6 Å². The average Bonchev–Trinajstić information content (AvgIpc) is 3.07. The largest absolute Gasteiger partial charge is 0.464 e. The van der Waals surface area contributed by atoms with Gasteiger partial charge >= 0.3 is 0 Å². The lowest BCUT2D eigenvalue weighted by Gasteiger charge is -2.28. The lowest BCUT2D eigenvalue weighted by molar-refractivity contribution is -0.132. The Hall–Kier alpha value is -1.82.